The van der Waals surface area contributed by atoms with Crippen LogP contribution in [-0.2, 0) is 0 Å². The number of fused-ring (bicyclic) bond motifs is 1. The van der Waals surface area contributed by atoms with Crippen LogP contribution in [0, 0.1) is 0 Å². The molecule has 1 aromatic heterocycles. The van der Waals surface area contributed by atoms with Gasteiger partial charge in [0, 0.05) is 15.6 Å². The predicted molar refractivity (Wildman–Crippen MR) is 91.1 cm³/mol. The molecule has 0 radical (unpaired) electrons. The van der Waals surface area contributed by atoms with Gasteiger partial charge in [-0.05, 0) is 36.4 Å². The van der Waals surface area contributed by atoms with Gasteiger partial charge in [0.25, 0.3) is 0 Å². The molecule has 23 heavy (non-hydrogen) atoms. The first-order valence-corrected chi connectivity index (χ1v) is 7.79. The number of nitrogen functional groups attached to an aromatic ring is 1. The normalized spacial score (nSPS) is 12.4. The zero-order valence-electron chi connectivity index (χ0n) is 12.0. The summed E-state index contributed by atoms with van der Waals surface area (Å²) in [5, 5.41) is 0. The molecule has 6 heteroatoms. The minimum Gasteiger partial charge on any atom is -0.454 e. The Balaban J connectivity index is 1.81. The molecule has 0 amide bonds. The lowest BCUT2D eigenvalue weighted by molar-refractivity contribution is 0.174. The van der Waals surface area contributed by atoms with Gasteiger partial charge in [-0.1, -0.05) is 28.1 Å². The Morgan fingerprint density at radius 1 is 0.870 bits per heavy atom. The number of nitrogens with two attached hydrogens (primary N) is 1. The van der Waals surface area contributed by atoms with E-state index in [4.69, 9.17) is 15.2 Å². The Morgan fingerprint density at radius 3 is 2.39 bits per heavy atom. The molecule has 1 aliphatic heterocycles. The molecule has 0 unspecified atom stereocenters. The summed E-state index contributed by atoms with van der Waals surface area (Å²) in [7, 11) is 0. The van der Waals surface area contributed by atoms with Crippen molar-refractivity contribution in [2.75, 3.05) is 12.5 Å². The third-order valence-corrected chi connectivity index (χ3v) is 4.03. The summed E-state index contributed by atoms with van der Waals surface area (Å²) in [5.41, 5.74) is 9.28. The van der Waals surface area contributed by atoms with Gasteiger partial charge in [-0.25, -0.2) is 9.97 Å². The van der Waals surface area contributed by atoms with Gasteiger partial charge >= 0.3 is 0 Å². The number of ether oxygens (including phenoxy) is 2. The van der Waals surface area contributed by atoms with Crippen LogP contribution in [0.5, 0.6) is 11.5 Å². The standard InChI is InChI=1S/C17H12BrN3O2/c18-12-3-1-2-10(6-12)13-8-14(21-17(19)20-13)11-4-5-15-16(7-11)23-9-22-15/h1-8H,9H2,(H2,19,20,21). The average molecular weight is 370 g/mol. The first-order valence-electron chi connectivity index (χ1n) is 6.99. The number of anilines is 1. The largest absolute Gasteiger partial charge is 0.454 e. The van der Waals surface area contributed by atoms with Gasteiger partial charge < -0.3 is 15.2 Å². The maximum absolute atomic E-state index is 5.90. The fraction of sp³-hybridized carbons (Fsp3) is 0.0588. The zero-order valence-corrected chi connectivity index (χ0v) is 13.6. The molecule has 2 heterocycles. The molecule has 0 aliphatic carbocycles. The first kappa shape index (κ1) is 14.0. The Kier molecular flexibility index (Phi) is 3.38. The Hall–Kier alpha value is -2.60. The van der Waals surface area contributed by atoms with Gasteiger partial charge in [0.05, 0.1) is 11.4 Å². The van der Waals surface area contributed by atoms with E-state index in [9.17, 15) is 0 Å². The number of aromatic nitrogens is 2. The van der Waals surface area contributed by atoms with Crippen LogP contribution >= 0.6 is 15.9 Å². The van der Waals surface area contributed by atoms with Crippen molar-refractivity contribution in [3.8, 4) is 34.0 Å². The SMILES string of the molecule is Nc1nc(-c2cccc(Br)c2)cc(-c2ccc3c(c2)OCO3)n1. The van der Waals surface area contributed by atoms with Crippen LogP contribution in [0.1, 0.15) is 0 Å². The molecule has 4 rings (SSSR count). The van der Waals surface area contributed by atoms with Crippen molar-refractivity contribution < 1.29 is 9.47 Å². The molecule has 1 aliphatic rings. The van der Waals surface area contributed by atoms with Gasteiger partial charge in [0.15, 0.2) is 11.5 Å². The van der Waals surface area contributed by atoms with Gasteiger partial charge in [-0.3, -0.25) is 0 Å². The second-order valence-electron chi connectivity index (χ2n) is 5.08. The molecular weight excluding hydrogens is 358 g/mol. The Labute approximate surface area is 141 Å². The maximum Gasteiger partial charge on any atom is 0.231 e. The number of hydrogen-bond acceptors (Lipinski definition) is 5. The smallest absolute Gasteiger partial charge is 0.231 e. The van der Waals surface area contributed by atoms with Gasteiger partial charge in [0.1, 0.15) is 0 Å². The van der Waals surface area contributed by atoms with E-state index in [1.165, 1.54) is 0 Å². The van der Waals surface area contributed by atoms with E-state index in [-0.39, 0.29) is 12.7 Å². The van der Waals surface area contributed by atoms with E-state index in [1.54, 1.807) is 0 Å². The van der Waals surface area contributed by atoms with Crippen LogP contribution < -0.4 is 15.2 Å². The molecule has 0 atom stereocenters. The summed E-state index contributed by atoms with van der Waals surface area (Å²) in [5.74, 6) is 1.68. The Morgan fingerprint density at radius 2 is 1.61 bits per heavy atom. The quantitative estimate of drug-likeness (QED) is 0.741. The second kappa shape index (κ2) is 5.55. The number of hydrogen-bond donors (Lipinski definition) is 1. The first-order chi connectivity index (χ1) is 11.2. The highest BCUT2D eigenvalue weighted by molar-refractivity contribution is 9.10. The van der Waals surface area contributed by atoms with Gasteiger partial charge in [-0.15, -0.1) is 0 Å². The number of rotatable bonds is 2. The molecule has 114 valence electrons. The number of halogens is 1. The third-order valence-electron chi connectivity index (χ3n) is 3.53. The number of benzene rings is 2. The highest BCUT2D eigenvalue weighted by Crippen LogP contribution is 2.36. The molecule has 0 spiro atoms. The lowest BCUT2D eigenvalue weighted by atomic mass is 10.1. The molecule has 0 saturated carbocycles. The summed E-state index contributed by atoms with van der Waals surface area (Å²) in [6, 6.07) is 15.5. The van der Waals surface area contributed by atoms with E-state index in [2.05, 4.69) is 25.9 Å². The van der Waals surface area contributed by atoms with Crippen molar-refractivity contribution in [1.82, 2.24) is 9.97 Å². The summed E-state index contributed by atoms with van der Waals surface area (Å²) >= 11 is 3.47. The topological polar surface area (TPSA) is 70.3 Å². The van der Waals surface area contributed by atoms with Crippen LogP contribution in [0.15, 0.2) is 53.0 Å². The zero-order chi connectivity index (χ0) is 15.8. The van der Waals surface area contributed by atoms with Crippen LogP contribution in [0.25, 0.3) is 22.5 Å². The summed E-state index contributed by atoms with van der Waals surface area (Å²) in [4.78, 5) is 8.67. The van der Waals surface area contributed by atoms with E-state index >= 15 is 0 Å². The molecular formula is C17H12BrN3O2. The monoisotopic (exact) mass is 369 g/mol. The molecule has 0 bridgehead atoms. The highest BCUT2D eigenvalue weighted by Gasteiger charge is 2.15. The van der Waals surface area contributed by atoms with Crippen molar-refractivity contribution in [2.45, 2.75) is 0 Å². The summed E-state index contributed by atoms with van der Waals surface area (Å²) < 4.78 is 11.7. The van der Waals surface area contributed by atoms with Crippen LogP contribution in [0.2, 0.25) is 0 Å². The van der Waals surface area contributed by atoms with Crippen molar-refractivity contribution in [2.24, 2.45) is 0 Å². The Bertz CT molecular complexity index is 899. The molecule has 2 aromatic carbocycles. The molecule has 5 nitrogen and oxygen atoms in total. The van der Waals surface area contributed by atoms with Gasteiger partial charge in [0.2, 0.25) is 12.7 Å². The highest BCUT2D eigenvalue weighted by atomic mass is 79.9. The third kappa shape index (κ3) is 2.73. The van der Waals surface area contributed by atoms with Crippen molar-refractivity contribution in [1.29, 1.82) is 0 Å². The number of nitrogens with zero attached hydrogens (tertiary/aromatic N) is 2. The van der Waals surface area contributed by atoms with E-state index in [0.717, 1.165) is 32.7 Å². The minimum absolute atomic E-state index is 0.232. The molecule has 2 N–H and O–H groups in total. The van der Waals surface area contributed by atoms with Crippen molar-refractivity contribution >= 4 is 21.9 Å². The van der Waals surface area contributed by atoms with Crippen LogP contribution in [-0.4, -0.2) is 16.8 Å². The van der Waals surface area contributed by atoms with Crippen molar-refractivity contribution in [3.05, 3.63) is 53.0 Å². The molecule has 0 fully saturated rings. The lowest BCUT2D eigenvalue weighted by Crippen LogP contribution is -1.98. The fourth-order valence-corrected chi connectivity index (χ4v) is 2.86. The average Bonchev–Trinajstić information content (AvgIpc) is 3.02. The fourth-order valence-electron chi connectivity index (χ4n) is 2.47. The minimum atomic E-state index is 0.232. The maximum atomic E-state index is 5.90. The summed E-state index contributed by atoms with van der Waals surface area (Å²) in [6.45, 7) is 0.244. The van der Waals surface area contributed by atoms with E-state index < -0.39 is 0 Å². The second-order valence-corrected chi connectivity index (χ2v) is 5.99. The van der Waals surface area contributed by atoms with E-state index in [1.807, 2.05) is 48.5 Å². The predicted octanol–water partition coefficient (Wildman–Crippen LogP) is 3.88. The van der Waals surface area contributed by atoms with Crippen molar-refractivity contribution in [3.63, 3.8) is 0 Å². The molecule has 0 saturated heterocycles. The van der Waals surface area contributed by atoms with Gasteiger partial charge in [-0.2, -0.15) is 0 Å². The van der Waals surface area contributed by atoms with Crippen LogP contribution in [0.4, 0.5) is 5.95 Å². The summed E-state index contributed by atoms with van der Waals surface area (Å²) in [6.07, 6.45) is 0. The molecule has 3 aromatic rings. The lowest BCUT2D eigenvalue weighted by Gasteiger charge is -2.07. The van der Waals surface area contributed by atoms with Crippen LogP contribution in [0.3, 0.4) is 0 Å². The van der Waals surface area contributed by atoms with E-state index in [0.29, 0.717) is 5.75 Å².